The van der Waals surface area contributed by atoms with Gasteiger partial charge in [-0.3, -0.25) is 9.78 Å². The monoisotopic (exact) mass is 352 g/mol. The summed E-state index contributed by atoms with van der Waals surface area (Å²) in [6, 6.07) is 4.60. The molecular weight excluding hydrogens is 324 g/mol. The van der Waals surface area contributed by atoms with Crippen molar-refractivity contribution in [1.82, 2.24) is 15.6 Å². The first-order valence-electron chi connectivity index (χ1n) is 8.88. The van der Waals surface area contributed by atoms with Gasteiger partial charge in [0.1, 0.15) is 0 Å². The Morgan fingerprint density at radius 3 is 2.67 bits per heavy atom. The predicted molar refractivity (Wildman–Crippen MR) is 99.6 cm³/mol. The fourth-order valence-electron chi connectivity index (χ4n) is 3.71. The molecule has 1 aromatic rings. The van der Waals surface area contributed by atoms with Gasteiger partial charge >= 0.3 is 0 Å². The number of hydrogen-bond acceptors (Lipinski definition) is 4. The maximum atomic E-state index is 12.3. The predicted octanol–water partition coefficient (Wildman–Crippen LogP) is 2.22. The van der Waals surface area contributed by atoms with Crippen molar-refractivity contribution in [3.63, 3.8) is 0 Å². The van der Waals surface area contributed by atoms with Gasteiger partial charge in [-0.15, -0.1) is 12.4 Å². The van der Waals surface area contributed by atoms with Crippen molar-refractivity contribution in [2.24, 2.45) is 11.8 Å². The number of halogens is 1. The lowest BCUT2D eigenvalue weighted by Gasteiger charge is -2.34. The Morgan fingerprint density at radius 1 is 1.29 bits per heavy atom. The number of amides is 1. The van der Waals surface area contributed by atoms with Gasteiger partial charge < -0.3 is 15.5 Å². The SMILES string of the molecule is C[C@H]1C[C@@H](C(=O)NCC2CCN(c3ccncc3)CC2)CCN1.Cl. The summed E-state index contributed by atoms with van der Waals surface area (Å²) in [6.07, 6.45) is 7.92. The Balaban J connectivity index is 0.00000208. The third-order valence-corrected chi connectivity index (χ3v) is 5.20. The van der Waals surface area contributed by atoms with Gasteiger partial charge in [-0.25, -0.2) is 0 Å². The van der Waals surface area contributed by atoms with Crippen molar-refractivity contribution >= 4 is 24.0 Å². The molecule has 0 radical (unpaired) electrons. The molecule has 1 amide bonds. The van der Waals surface area contributed by atoms with Crippen LogP contribution in [0.2, 0.25) is 0 Å². The van der Waals surface area contributed by atoms with Crippen LogP contribution in [0, 0.1) is 11.8 Å². The number of pyridine rings is 1. The van der Waals surface area contributed by atoms with E-state index in [1.165, 1.54) is 5.69 Å². The fourth-order valence-corrected chi connectivity index (χ4v) is 3.71. The van der Waals surface area contributed by atoms with E-state index in [0.29, 0.717) is 12.0 Å². The Hall–Kier alpha value is -1.33. The molecule has 1 aromatic heterocycles. The van der Waals surface area contributed by atoms with Gasteiger partial charge in [-0.1, -0.05) is 0 Å². The summed E-state index contributed by atoms with van der Waals surface area (Å²) in [7, 11) is 0. The molecule has 0 unspecified atom stereocenters. The van der Waals surface area contributed by atoms with E-state index in [-0.39, 0.29) is 24.2 Å². The number of nitrogens with one attached hydrogen (secondary N) is 2. The Labute approximate surface area is 151 Å². The summed E-state index contributed by atoms with van der Waals surface area (Å²) in [5.41, 5.74) is 1.26. The van der Waals surface area contributed by atoms with Crippen LogP contribution < -0.4 is 15.5 Å². The lowest BCUT2D eigenvalue weighted by atomic mass is 9.91. The Bertz CT molecular complexity index is 505. The first-order valence-corrected chi connectivity index (χ1v) is 8.88. The minimum Gasteiger partial charge on any atom is -0.371 e. The number of carbonyl (C=O) groups is 1. The minimum absolute atomic E-state index is 0. The van der Waals surface area contributed by atoms with Crippen molar-refractivity contribution in [2.45, 2.75) is 38.6 Å². The standard InChI is InChI=1S/C18H28N4O.ClH/c1-14-12-16(2-9-20-14)18(23)21-13-15-5-10-22(11-6-15)17-3-7-19-8-4-17;/h3-4,7-8,14-16,20H,2,5-6,9-13H2,1H3,(H,21,23);1H/t14-,16-;/m0./s1. The van der Waals surface area contributed by atoms with E-state index in [0.717, 1.165) is 51.9 Å². The van der Waals surface area contributed by atoms with Crippen molar-refractivity contribution in [1.29, 1.82) is 0 Å². The number of piperidine rings is 2. The zero-order chi connectivity index (χ0) is 16.1. The lowest BCUT2D eigenvalue weighted by Crippen LogP contribution is -2.44. The summed E-state index contributed by atoms with van der Waals surface area (Å²) in [5.74, 6) is 1.06. The van der Waals surface area contributed by atoms with E-state index in [1.54, 1.807) is 0 Å². The molecule has 6 heteroatoms. The Kier molecular flexibility index (Phi) is 7.31. The number of aromatic nitrogens is 1. The van der Waals surface area contributed by atoms with Crippen molar-refractivity contribution in [3.05, 3.63) is 24.5 Å². The molecule has 2 saturated heterocycles. The van der Waals surface area contributed by atoms with Crippen LogP contribution in [-0.4, -0.2) is 43.1 Å². The molecule has 0 saturated carbocycles. The first-order chi connectivity index (χ1) is 11.2. The molecule has 0 bridgehead atoms. The van der Waals surface area contributed by atoms with Gasteiger partial charge in [0.2, 0.25) is 5.91 Å². The average Bonchev–Trinajstić information content (AvgIpc) is 2.61. The van der Waals surface area contributed by atoms with Crippen LogP contribution >= 0.6 is 12.4 Å². The number of hydrogen-bond donors (Lipinski definition) is 2. The third-order valence-electron chi connectivity index (χ3n) is 5.20. The van der Waals surface area contributed by atoms with Crippen molar-refractivity contribution in [3.8, 4) is 0 Å². The normalized spacial score (nSPS) is 25.0. The molecule has 134 valence electrons. The van der Waals surface area contributed by atoms with E-state index in [9.17, 15) is 4.79 Å². The van der Waals surface area contributed by atoms with E-state index in [2.05, 4.69) is 39.6 Å². The maximum Gasteiger partial charge on any atom is 0.223 e. The third kappa shape index (κ3) is 5.08. The van der Waals surface area contributed by atoms with Gasteiger partial charge in [0.05, 0.1) is 0 Å². The molecule has 0 spiro atoms. The summed E-state index contributed by atoms with van der Waals surface area (Å²) in [6.45, 7) is 6.09. The van der Waals surface area contributed by atoms with Crippen LogP contribution in [0.4, 0.5) is 5.69 Å². The van der Waals surface area contributed by atoms with Crippen molar-refractivity contribution < 1.29 is 4.79 Å². The van der Waals surface area contributed by atoms with Crippen molar-refractivity contribution in [2.75, 3.05) is 31.1 Å². The molecule has 3 rings (SSSR count). The smallest absolute Gasteiger partial charge is 0.223 e. The molecule has 5 nitrogen and oxygen atoms in total. The maximum absolute atomic E-state index is 12.3. The summed E-state index contributed by atoms with van der Waals surface area (Å²) in [4.78, 5) is 18.8. The minimum atomic E-state index is 0. The first kappa shape index (κ1) is 19.0. The van der Waals surface area contributed by atoms with Crippen LogP contribution in [0.3, 0.4) is 0 Å². The molecule has 2 N–H and O–H groups in total. The molecule has 24 heavy (non-hydrogen) atoms. The van der Waals surface area contributed by atoms with Gasteiger partial charge in [-0.05, 0) is 57.2 Å². The molecular formula is C18H29ClN4O. The zero-order valence-corrected chi connectivity index (χ0v) is 15.2. The highest BCUT2D eigenvalue weighted by Gasteiger charge is 2.26. The molecule has 2 atom stereocenters. The molecule has 2 aliphatic rings. The summed E-state index contributed by atoms with van der Waals surface area (Å²) < 4.78 is 0. The highest BCUT2D eigenvalue weighted by Crippen LogP contribution is 2.22. The zero-order valence-electron chi connectivity index (χ0n) is 14.4. The van der Waals surface area contributed by atoms with Crippen LogP contribution in [0.25, 0.3) is 0 Å². The molecule has 3 heterocycles. The average molecular weight is 353 g/mol. The lowest BCUT2D eigenvalue weighted by molar-refractivity contribution is -0.126. The quantitative estimate of drug-likeness (QED) is 0.872. The second kappa shape index (κ2) is 9.23. The number of anilines is 1. The van der Waals surface area contributed by atoms with E-state index < -0.39 is 0 Å². The van der Waals surface area contributed by atoms with Crippen LogP contribution in [-0.2, 0) is 4.79 Å². The number of carbonyl (C=O) groups excluding carboxylic acids is 1. The van der Waals surface area contributed by atoms with Gasteiger partial charge in [0.25, 0.3) is 0 Å². The van der Waals surface area contributed by atoms with Crippen LogP contribution in [0.15, 0.2) is 24.5 Å². The highest BCUT2D eigenvalue weighted by atomic mass is 35.5. The fraction of sp³-hybridized carbons (Fsp3) is 0.667. The largest absolute Gasteiger partial charge is 0.371 e. The second-order valence-electron chi connectivity index (χ2n) is 6.96. The van der Waals surface area contributed by atoms with E-state index in [4.69, 9.17) is 0 Å². The Morgan fingerprint density at radius 2 is 2.00 bits per heavy atom. The summed E-state index contributed by atoms with van der Waals surface area (Å²) >= 11 is 0. The highest BCUT2D eigenvalue weighted by molar-refractivity contribution is 5.85. The van der Waals surface area contributed by atoms with Gasteiger partial charge in [-0.2, -0.15) is 0 Å². The molecule has 2 fully saturated rings. The van der Waals surface area contributed by atoms with Gasteiger partial charge in [0.15, 0.2) is 0 Å². The number of nitrogens with zero attached hydrogens (tertiary/aromatic N) is 2. The molecule has 2 aliphatic heterocycles. The number of rotatable bonds is 4. The van der Waals surface area contributed by atoms with Gasteiger partial charge in [0, 0.05) is 49.7 Å². The topological polar surface area (TPSA) is 57.3 Å². The molecule has 0 aliphatic carbocycles. The van der Waals surface area contributed by atoms with Crippen LogP contribution in [0.5, 0.6) is 0 Å². The summed E-state index contributed by atoms with van der Waals surface area (Å²) in [5, 5.41) is 6.60. The van der Waals surface area contributed by atoms with E-state index in [1.807, 2.05) is 12.4 Å². The van der Waals surface area contributed by atoms with Crippen LogP contribution in [0.1, 0.15) is 32.6 Å². The van der Waals surface area contributed by atoms with E-state index >= 15 is 0 Å². The second-order valence-corrected chi connectivity index (χ2v) is 6.96. The molecule has 0 aromatic carbocycles.